The molecule has 1 N–H and O–H groups in total. The van der Waals surface area contributed by atoms with Gasteiger partial charge in [-0.15, -0.1) is 10.2 Å². The van der Waals surface area contributed by atoms with Crippen LogP contribution in [0.4, 0.5) is 14.5 Å². The summed E-state index contributed by atoms with van der Waals surface area (Å²) in [7, 11) is 1.74. The van der Waals surface area contributed by atoms with Gasteiger partial charge < -0.3 is 9.88 Å². The Morgan fingerprint density at radius 2 is 2.17 bits per heavy atom. The van der Waals surface area contributed by atoms with Gasteiger partial charge in [0.2, 0.25) is 0 Å². The first-order valence-corrected chi connectivity index (χ1v) is 5.08. The highest BCUT2D eigenvalue weighted by Crippen LogP contribution is 2.20. The second-order valence-electron chi connectivity index (χ2n) is 3.61. The molecule has 0 aliphatic rings. The van der Waals surface area contributed by atoms with Gasteiger partial charge in [0, 0.05) is 7.05 Å². The lowest BCUT2D eigenvalue weighted by molar-refractivity contribution is 0.508. The quantitative estimate of drug-likeness (QED) is 0.896. The number of nitriles is 1. The standard InChI is InChI=1S/C11H9F2N5/c1-18-6-16-17-9(18)5-15-8-3-2-7(4-14)10(12)11(8)13/h2-3,6,15H,5H2,1H3. The second-order valence-corrected chi connectivity index (χ2v) is 3.61. The number of benzene rings is 1. The van der Waals surface area contributed by atoms with Crippen molar-refractivity contribution < 1.29 is 8.78 Å². The van der Waals surface area contributed by atoms with Crippen molar-refractivity contribution in [3.63, 3.8) is 0 Å². The molecule has 0 fully saturated rings. The van der Waals surface area contributed by atoms with Crippen LogP contribution in [-0.2, 0) is 13.6 Å². The van der Waals surface area contributed by atoms with Crippen molar-refractivity contribution in [3.05, 3.63) is 41.5 Å². The lowest BCUT2D eigenvalue weighted by Crippen LogP contribution is -2.08. The Morgan fingerprint density at radius 3 is 2.78 bits per heavy atom. The molecule has 0 aliphatic carbocycles. The van der Waals surface area contributed by atoms with E-state index in [1.807, 2.05) is 0 Å². The maximum absolute atomic E-state index is 13.5. The molecule has 1 aromatic heterocycles. The normalized spacial score (nSPS) is 10.1. The van der Waals surface area contributed by atoms with Gasteiger partial charge in [0.05, 0.1) is 17.8 Å². The summed E-state index contributed by atoms with van der Waals surface area (Å²) < 4.78 is 28.5. The molecular weight excluding hydrogens is 240 g/mol. The molecule has 1 heterocycles. The molecule has 1 aromatic carbocycles. The summed E-state index contributed by atoms with van der Waals surface area (Å²) in [6, 6.07) is 4.11. The number of hydrogen-bond donors (Lipinski definition) is 1. The van der Waals surface area contributed by atoms with Crippen LogP contribution in [0.5, 0.6) is 0 Å². The Hall–Kier alpha value is -2.49. The fraction of sp³-hybridized carbons (Fsp3) is 0.182. The number of aryl methyl sites for hydroxylation is 1. The number of rotatable bonds is 3. The molecule has 0 amide bonds. The molecule has 0 saturated heterocycles. The Morgan fingerprint density at radius 1 is 1.39 bits per heavy atom. The zero-order valence-corrected chi connectivity index (χ0v) is 9.48. The molecule has 7 heteroatoms. The minimum Gasteiger partial charge on any atom is -0.375 e. The van der Waals surface area contributed by atoms with Crippen LogP contribution in [0, 0.1) is 23.0 Å². The van der Waals surface area contributed by atoms with Gasteiger partial charge in [-0.05, 0) is 12.1 Å². The maximum atomic E-state index is 13.5. The van der Waals surface area contributed by atoms with Gasteiger partial charge in [-0.25, -0.2) is 8.78 Å². The predicted molar refractivity (Wildman–Crippen MR) is 59.4 cm³/mol. The minimum absolute atomic E-state index is 0.0190. The van der Waals surface area contributed by atoms with E-state index in [1.165, 1.54) is 18.5 Å². The van der Waals surface area contributed by atoms with Gasteiger partial charge in [0.15, 0.2) is 17.5 Å². The van der Waals surface area contributed by atoms with Gasteiger partial charge in [0.25, 0.3) is 0 Å². The summed E-state index contributed by atoms with van der Waals surface area (Å²) in [6.07, 6.45) is 1.51. The smallest absolute Gasteiger partial charge is 0.183 e. The van der Waals surface area contributed by atoms with Crippen LogP contribution in [0.1, 0.15) is 11.4 Å². The average Bonchev–Trinajstić information content (AvgIpc) is 2.77. The van der Waals surface area contributed by atoms with Gasteiger partial charge >= 0.3 is 0 Å². The van der Waals surface area contributed by atoms with E-state index >= 15 is 0 Å². The molecule has 0 unspecified atom stereocenters. The fourth-order valence-electron chi connectivity index (χ4n) is 1.41. The molecule has 18 heavy (non-hydrogen) atoms. The molecule has 0 atom stereocenters. The highest BCUT2D eigenvalue weighted by molar-refractivity contribution is 5.49. The number of aromatic nitrogens is 3. The molecule has 2 rings (SSSR count). The molecule has 0 spiro atoms. The first-order chi connectivity index (χ1) is 8.63. The predicted octanol–water partition coefficient (Wildman–Crippen LogP) is 1.58. The zero-order valence-electron chi connectivity index (χ0n) is 9.48. The number of hydrogen-bond acceptors (Lipinski definition) is 4. The summed E-state index contributed by atoms with van der Waals surface area (Å²) in [6.45, 7) is 0.207. The van der Waals surface area contributed by atoms with Crippen LogP contribution >= 0.6 is 0 Å². The highest BCUT2D eigenvalue weighted by atomic mass is 19.2. The first kappa shape index (κ1) is 12.0. The Labute approximate surface area is 102 Å². The van der Waals surface area contributed by atoms with E-state index in [2.05, 4.69) is 15.5 Å². The van der Waals surface area contributed by atoms with Gasteiger partial charge in [-0.2, -0.15) is 5.26 Å². The summed E-state index contributed by atoms with van der Waals surface area (Å²) in [4.78, 5) is 0. The van der Waals surface area contributed by atoms with E-state index in [1.54, 1.807) is 17.7 Å². The molecule has 92 valence electrons. The van der Waals surface area contributed by atoms with Crippen LogP contribution in [0.15, 0.2) is 18.5 Å². The molecule has 0 radical (unpaired) electrons. The van der Waals surface area contributed by atoms with Gasteiger partial charge in [0.1, 0.15) is 12.4 Å². The first-order valence-electron chi connectivity index (χ1n) is 5.08. The Kier molecular flexibility index (Phi) is 3.19. The monoisotopic (exact) mass is 249 g/mol. The van der Waals surface area contributed by atoms with Crippen molar-refractivity contribution in [2.24, 2.45) is 7.05 Å². The van der Waals surface area contributed by atoms with Crippen LogP contribution < -0.4 is 5.32 Å². The van der Waals surface area contributed by atoms with E-state index in [9.17, 15) is 8.78 Å². The molecular formula is C11H9F2N5. The van der Waals surface area contributed by atoms with Crippen LogP contribution in [-0.4, -0.2) is 14.8 Å². The molecule has 0 bridgehead atoms. The fourth-order valence-corrected chi connectivity index (χ4v) is 1.41. The summed E-state index contributed by atoms with van der Waals surface area (Å²) in [5, 5.41) is 18.7. The van der Waals surface area contributed by atoms with Crippen LogP contribution in [0.2, 0.25) is 0 Å². The largest absolute Gasteiger partial charge is 0.375 e. The second kappa shape index (κ2) is 4.79. The van der Waals surface area contributed by atoms with Gasteiger partial charge in [-0.3, -0.25) is 0 Å². The van der Waals surface area contributed by atoms with E-state index in [0.717, 1.165) is 0 Å². The summed E-state index contributed by atoms with van der Waals surface area (Å²) in [5.74, 6) is -1.64. The molecule has 0 aliphatic heterocycles. The van der Waals surface area contributed by atoms with E-state index in [0.29, 0.717) is 5.82 Å². The summed E-state index contributed by atoms with van der Waals surface area (Å²) >= 11 is 0. The van der Waals surface area contributed by atoms with E-state index in [4.69, 9.17) is 5.26 Å². The van der Waals surface area contributed by atoms with Crippen LogP contribution in [0.25, 0.3) is 0 Å². The topological polar surface area (TPSA) is 66.5 Å². The highest BCUT2D eigenvalue weighted by Gasteiger charge is 2.13. The van der Waals surface area contributed by atoms with Crippen molar-refractivity contribution in [2.45, 2.75) is 6.54 Å². The van der Waals surface area contributed by atoms with Crippen molar-refractivity contribution in [2.75, 3.05) is 5.32 Å². The average molecular weight is 249 g/mol. The van der Waals surface area contributed by atoms with Crippen molar-refractivity contribution in [1.82, 2.24) is 14.8 Å². The van der Waals surface area contributed by atoms with Crippen LogP contribution in [0.3, 0.4) is 0 Å². The Bertz CT molecular complexity index is 614. The maximum Gasteiger partial charge on any atom is 0.183 e. The van der Waals surface area contributed by atoms with Gasteiger partial charge in [-0.1, -0.05) is 0 Å². The molecule has 2 aromatic rings. The Balaban J connectivity index is 2.19. The lowest BCUT2D eigenvalue weighted by atomic mass is 10.2. The number of anilines is 1. The minimum atomic E-state index is -1.15. The SMILES string of the molecule is Cn1cnnc1CNc1ccc(C#N)c(F)c1F. The van der Waals surface area contributed by atoms with E-state index in [-0.39, 0.29) is 17.8 Å². The van der Waals surface area contributed by atoms with Crippen molar-refractivity contribution in [1.29, 1.82) is 5.26 Å². The number of halogens is 2. The number of nitrogens with one attached hydrogen (secondary N) is 1. The third kappa shape index (κ3) is 2.13. The zero-order chi connectivity index (χ0) is 13.1. The summed E-state index contributed by atoms with van der Waals surface area (Å²) in [5.41, 5.74) is -0.341. The number of nitrogens with zero attached hydrogens (tertiary/aromatic N) is 4. The van der Waals surface area contributed by atoms with Crippen molar-refractivity contribution in [3.8, 4) is 6.07 Å². The third-order valence-corrected chi connectivity index (χ3v) is 2.44. The molecule has 5 nitrogen and oxygen atoms in total. The van der Waals surface area contributed by atoms with Crippen molar-refractivity contribution >= 4 is 5.69 Å². The molecule has 0 saturated carbocycles. The van der Waals surface area contributed by atoms with E-state index < -0.39 is 11.6 Å². The third-order valence-electron chi connectivity index (χ3n) is 2.44. The lowest BCUT2D eigenvalue weighted by Gasteiger charge is -2.07.